The number of nitrogens with one attached hydrogen (secondary N) is 2. The van der Waals surface area contributed by atoms with Crippen LogP contribution in [0.15, 0.2) is 0 Å². The Bertz CT molecular complexity index is 125. The van der Waals surface area contributed by atoms with Gasteiger partial charge in [-0.2, -0.15) is 0 Å². The van der Waals surface area contributed by atoms with Crippen molar-refractivity contribution >= 4 is 0 Å². The molecule has 0 bridgehead atoms. The first-order valence-corrected chi connectivity index (χ1v) is 4.66. The van der Waals surface area contributed by atoms with Crippen LogP contribution in [0.4, 0.5) is 0 Å². The average Bonchev–Trinajstić information content (AvgIpc) is 2.02. The summed E-state index contributed by atoms with van der Waals surface area (Å²) in [6.07, 6.45) is 0. The van der Waals surface area contributed by atoms with Crippen LogP contribution in [0.5, 0.6) is 0 Å². The van der Waals surface area contributed by atoms with Crippen molar-refractivity contribution in [2.45, 2.75) is 32.4 Å². The summed E-state index contributed by atoms with van der Waals surface area (Å²) in [5, 5.41) is 6.73. The maximum absolute atomic E-state index is 5.67. The van der Waals surface area contributed by atoms with E-state index in [0.29, 0.717) is 6.04 Å². The van der Waals surface area contributed by atoms with Crippen molar-refractivity contribution in [2.75, 3.05) is 26.2 Å². The molecule has 3 heteroatoms. The lowest BCUT2D eigenvalue weighted by atomic mass is 10.2. The minimum absolute atomic E-state index is 0.0148. The summed E-state index contributed by atoms with van der Waals surface area (Å²) in [5.74, 6) is 0. The van der Waals surface area contributed by atoms with Gasteiger partial charge in [0, 0.05) is 25.7 Å². The van der Waals surface area contributed by atoms with E-state index in [4.69, 9.17) is 4.74 Å². The van der Waals surface area contributed by atoms with Gasteiger partial charge in [-0.1, -0.05) is 0 Å². The zero-order valence-electron chi connectivity index (χ0n) is 8.31. The Kier molecular flexibility index (Phi) is 3.50. The first-order valence-electron chi connectivity index (χ1n) is 4.66. The van der Waals surface area contributed by atoms with Crippen LogP contribution in [0.1, 0.15) is 20.8 Å². The van der Waals surface area contributed by atoms with Gasteiger partial charge in [0.15, 0.2) is 0 Å². The molecular weight excluding hydrogens is 152 g/mol. The highest BCUT2D eigenvalue weighted by Crippen LogP contribution is 2.07. The minimum atomic E-state index is -0.0148. The molecule has 1 saturated heterocycles. The second-order valence-corrected chi connectivity index (χ2v) is 4.28. The van der Waals surface area contributed by atoms with E-state index < -0.39 is 0 Å². The van der Waals surface area contributed by atoms with Crippen LogP contribution in [0.3, 0.4) is 0 Å². The van der Waals surface area contributed by atoms with E-state index in [-0.39, 0.29) is 5.60 Å². The molecule has 72 valence electrons. The topological polar surface area (TPSA) is 33.3 Å². The average molecular weight is 172 g/mol. The van der Waals surface area contributed by atoms with Crippen molar-refractivity contribution in [3.8, 4) is 0 Å². The lowest BCUT2D eigenvalue weighted by Gasteiger charge is -2.28. The SMILES string of the molecule is CC(C)(C)OCC1CNCCN1. The Morgan fingerprint density at radius 1 is 1.33 bits per heavy atom. The lowest BCUT2D eigenvalue weighted by molar-refractivity contribution is -0.0157. The third-order valence-corrected chi connectivity index (χ3v) is 1.84. The molecule has 0 spiro atoms. The second kappa shape index (κ2) is 4.21. The Labute approximate surface area is 74.9 Å². The Morgan fingerprint density at radius 2 is 2.08 bits per heavy atom. The molecule has 0 aromatic carbocycles. The molecule has 0 aromatic heterocycles. The molecule has 0 aromatic rings. The van der Waals surface area contributed by atoms with Crippen LogP contribution in [0.25, 0.3) is 0 Å². The van der Waals surface area contributed by atoms with Crippen molar-refractivity contribution in [3.05, 3.63) is 0 Å². The van der Waals surface area contributed by atoms with Gasteiger partial charge in [0.05, 0.1) is 12.2 Å². The summed E-state index contributed by atoms with van der Waals surface area (Å²) in [7, 11) is 0. The van der Waals surface area contributed by atoms with Crippen LogP contribution in [-0.2, 0) is 4.74 Å². The van der Waals surface area contributed by atoms with Crippen LogP contribution in [0, 0.1) is 0 Å². The summed E-state index contributed by atoms with van der Waals surface area (Å²) in [6.45, 7) is 10.2. The smallest absolute Gasteiger partial charge is 0.0639 e. The third kappa shape index (κ3) is 4.04. The highest BCUT2D eigenvalue weighted by molar-refractivity contribution is 4.75. The second-order valence-electron chi connectivity index (χ2n) is 4.28. The Morgan fingerprint density at radius 3 is 2.58 bits per heavy atom. The molecule has 1 fully saturated rings. The van der Waals surface area contributed by atoms with Gasteiger partial charge < -0.3 is 15.4 Å². The summed E-state index contributed by atoms with van der Waals surface area (Å²) in [6, 6.07) is 0.484. The quantitative estimate of drug-likeness (QED) is 0.631. The molecule has 1 atom stereocenters. The molecule has 2 N–H and O–H groups in total. The summed E-state index contributed by atoms with van der Waals surface area (Å²) < 4.78 is 5.67. The Balaban J connectivity index is 2.13. The zero-order valence-corrected chi connectivity index (χ0v) is 8.31. The molecule has 1 rings (SSSR count). The molecule has 0 amide bonds. The maximum atomic E-state index is 5.67. The van der Waals surface area contributed by atoms with Crippen molar-refractivity contribution in [1.29, 1.82) is 0 Å². The van der Waals surface area contributed by atoms with Crippen LogP contribution < -0.4 is 10.6 Å². The highest BCUT2D eigenvalue weighted by Gasteiger charge is 2.16. The van der Waals surface area contributed by atoms with Gasteiger partial charge in [0.1, 0.15) is 0 Å². The van der Waals surface area contributed by atoms with Crippen molar-refractivity contribution in [2.24, 2.45) is 0 Å². The molecule has 0 radical (unpaired) electrons. The molecule has 1 unspecified atom stereocenters. The van der Waals surface area contributed by atoms with Gasteiger partial charge in [-0.3, -0.25) is 0 Å². The Hall–Kier alpha value is -0.120. The van der Waals surface area contributed by atoms with E-state index >= 15 is 0 Å². The van der Waals surface area contributed by atoms with Crippen LogP contribution in [0.2, 0.25) is 0 Å². The number of ether oxygens (including phenoxy) is 1. The van der Waals surface area contributed by atoms with Gasteiger partial charge in [0.25, 0.3) is 0 Å². The number of hydrogen-bond acceptors (Lipinski definition) is 3. The fourth-order valence-electron chi connectivity index (χ4n) is 1.18. The zero-order chi connectivity index (χ0) is 9.03. The van der Waals surface area contributed by atoms with Crippen LogP contribution in [-0.4, -0.2) is 37.9 Å². The van der Waals surface area contributed by atoms with Crippen LogP contribution >= 0.6 is 0 Å². The van der Waals surface area contributed by atoms with Gasteiger partial charge in [-0.05, 0) is 20.8 Å². The molecule has 1 aliphatic heterocycles. The fraction of sp³-hybridized carbons (Fsp3) is 1.00. The predicted octanol–water partition coefficient (Wildman–Crippen LogP) is 0.363. The molecule has 3 nitrogen and oxygen atoms in total. The van der Waals surface area contributed by atoms with Gasteiger partial charge in [-0.15, -0.1) is 0 Å². The van der Waals surface area contributed by atoms with E-state index in [0.717, 1.165) is 26.2 Å². The van der Waals surface area contributed by atoms with E-state index in [1.807, 2.05) is 0 Å². The molecule has 12 heavy (non-hydrogen) atoms. The molecule has 1 heterocycles. The number of rotatable bonds is 2. The van der Waals surface area contributed by atoms with E-state index in [2.05, 4.69) is 31.4 Å². The van der Waals surface area contributed by atoms with Crippen molar-refractivity contribution in [3.63, 3.8) is 0 Å². The number of piperazine rings is 1. The van der Waals surface area contributed by atoms with Gasteiger partial charge in [0.2, 0.25) is 0 Å². The summed E-state index contributed by atoms with van der Waals surface area (Å²) in [4.78, 5) is 0. The largest absolute Gasteiger partial charge is 0.374 e. The minimum Gasteiger partial charge on any atom is -0.374 e. The fourth-order valence-corrected chi connectivity index (χ4v) is 1.18. The van der Waals surface area contributed by atoms with Gasteiger partial charge in [-0.25, -0.2) is 0 Å². The molecule has 0 aliphatic carbocycles. The third-order valence-electron chi connectivity index (χ3n) is 1.84. The maximum Gasteiger partial charge on any atom is 0.0639 e. The first kappa shape index (κ1) is 9.96. The standard InChI is InChI=1S/C9H20N2O/c1-9(2,3)12-7-8-6-10-4-5-11-8/h8,10-11H,4-7H2,1-3H3. The summed E-state index contributed by atoms with van der Waals surface area (Å²) >= 11 is 0. The first-order chi connectivity index (χ1) is 5.58. The van der Waals surface area contributed by atoms with E-state index in [9.17, 15) is 0 Å². The highest BCUT2D eigenvalue weighted by atomic mass is 16.5. The number of hydrogen-bond donors (Lipinski definition) is 2. The predicted molar refractivity (Wildman–Crippen MR) is 50.4 cm³/mol. The van der Waals surface area contributed by atoms with Crippen molar-refractivity contribution in [1.82, 2.24) is 10.6 Å². The van der Waals surface area contributed by atoms with Gasteiger partial charge >= 0.3 is 0 Å². The molecule has 1 aliphatic rings. The summed E-state index contributed by atoms with van der Waals surface area (Å²) in [5.41, 5.74) is -0.0148. The van der Waals surface area contributed by atoms with E-state index in [1.165, 1.54) is 0 Å². The lowest BCUT2D eigenvalue weighted by Crippen LogP contribution is -2.51. The molecular formula is C9H20N2O. The monoisotopic (exact) mass is 172 g/mol. The molecule has 0 saturated carbocycles. The normalized spacial score (nSPS) is 25.8. The van der Waals surface area contributed by atoms with E-state index in [1.54, 1.807) is 0 Å². The van der Waals surface area contributed by atoms with Crippen molar-refractivity contribution < 1.29 is 4.74 Å².